The maximum Gasteiger partial charge on any atom is 0.322 e. The second-order valence-corrected chi connectivity index (χ2v) is 6.37. The average molecular weight is 342 g/mol. The molecule has 0 spiro atoms. The summed E-state index contributed by atoms with van der Waals surface area (Å²) >= 11 is 0. The summed E-state index contributed by atoms with van der Waals surface area (Å²) < 4.78 is 7.54. The van der Waals surface area contributed by atoms with Gasteiger partial charge in [-0.2, -0.15) is 5.10 Å². The molecule has 1 saturated heterocycles. The Morgan fingerprint density at radius 3 is 2.92 bits per heavy atom. The fourth-order valence-electron chi connectivity index (χ4n) is 3.08. The molecule has 1 atom stereocenters. The van der Waals surface area contributed by atoms with Crippen LogP contribution in [-0.2, 0) is 6.54 Å². The molecule has 1 aromatic carbocycles. The van der Waals surface area contributed by atoms with Crippen LogP contribution < -0.4 is 10.1 Å². The van der Waals surface area contributed by atoms with Crippen molar-refractivity contribution in [2.75, 3.05) is 18.5 Å². The van der Waals surface area contributed by atoms with Crippen LogP contribution >= 0.6 is 0 Å². The number of urea groups is 1. The first-order valence-electron chi connectivity index (χ1n) is 9.04. The summed E-state index contributed by atoms with van der Waals surface area (Å²) in [6.45, 7) is 4.39. The highest BCUT2D eigenvalue weighted by Gasteiger charge is 2.29. The summed E-state index contributed by atoms with van der Waals surface area (Å²) in [4.78, 5) is 14.5. The van der Waals surface area contributed by atoms with E-state index in [1.165, 1.54) is 0 Å². The number of likely N-dealkylation sites (tertiary alicyclic amines) is 1. The minimum atomic E-state index is -0.0469. The molecule has 2 amide bonds. The van der Waals surface area contributed by atoms with Crippen molar-refractivity contribution in [1.29, 1.82) is 0 Å². The quantitative estimate of drug-likeness (QED) is 0.780. The highest BCUT2D eigenvalue weighted by Crippen LogP contribution is 2.21. The summed E-state index contributed by atoms with van der Waals surface area (Å²) in [6.07, 6.45) is 7.91. The number of hydrogen-bond donors (Lipinski definition) is 1. The van der Waals surface area contributed by atoms with Gasteiger partial charge in [0.25, 0.3) is 0 Å². The van der Waals surface area contributed by atoms with Gasteiger partial charge in [-0.25, -0.2) is 4.79 Å². The number of unbranched alkanes of at least 4 members (excludes halogenated alkanes) is 1. The number of nitrogens with zero attached hydrogens (tertiary/aromatic N) is 3. The van der Waals surface area contributed by atoms with Crippen molar-refractivity contribution in [3.8, 4) is 5.75 Å². The van der Waals surface area contributed by atoms with Crippen molar-refractivity contribution >= 4 is 11.7 Å². The van der Waals surface area contributed by atoms with Crippen LogP contribution in [0, 0.1) is 0 Å². The monoisotopic (exact) mass is 342 g/mol. The number of carbonyl (C=O) groups excluding carboxylic acids is 1. The first-order valence-corrected chi connectivity index (χ1v) is 9.04. The maximum absolute atomic E-state index is 12.6. The van der Waals surface area contributed by atoms with Crippen molar-refractivity contribution in [2.45, 2.75) is 45.2 Å². The fourth-order valence-corrected chi connectivity index (χ4v) is 3.08. The zero-order valence-electron chi connectivity index (χ0n) is 14.7. The maximum atomic E-state index is 12.6. The molecule has 1 N–H and O–H groups in total. The molecule has 134 valence electrons. The third kappa shape index (κ3) is 4.75. The third-order valence-corrected chi connectivity index (χ3v) is 4.47. The lowest BCUT2D eigenvalue weighted by Crippen LogP contribution is -2.40. The highest BCUT2D eigenvalue weighted by molar-refractivity contribution is 5.89. The Hall–Kier alpha value is -2.50. The zero-order chi connectivity index (χ0) is 17.5. The number of aromatic nitrogens is 2. The van der Waals surface area contributed by atoms with Crippen molar-refractivity contribution in [3.63, 3.8) is 0 Å². The molecule has 0 bridgehead atoms. The minimum Gasteiger partial charge on any atom is -0.494 e. The normalized spacial score (nSPS) is 16.8. The summed E-state index contributed by atoms with van der Waals surface area (Å²) in [7, 11) is 0. The van der Waals surface area contributed by atoms with E-state index in [0.29, 0.717) is 0 Å². The van der Waals surface area contributed by atoms with Crippen molar-refractivity contribution in [1.82, 2.24) is 14.7 Å². The van der Waals surface area contributed by atoms with Gasteiger partial charge in [0.15, 0.2) is 0 Å². The van der Waals surface area contributed by atoms with Crippen molar-refractivity contribution in [3.05, 3.63) is 42.7 Å². The Labute approximate surface area is 148 Å². The molecule has 1 aliphatic heterocycles. The number of hydrogen-bond acceptors (Lipinski definition) is 3. The summed E-state index contributed by atoms with van der Waals surface area (Å²) in [5.74, 6) is 0.837. The van der Waals surface area contributed by atoms with Crippen molar-refractivity contribution in [2.24, 2.45) is 0 Å². The molecule has 0 radical (unpaired) electrons. The summed E-state index contributed by atoms with van der Waals surface area (Å²) in [5, 5.41) is 7.23. The van der Waals surface area contributed by atoms with Crippen LogP contribution in [0.3, 0.4) is 0 Å². The second kappa shape index (κ2) is 8.55. The van der Waals surface area contributed by atoms with Gasteiger partial charge in [0.2, 0.25) is 0 Å². The molecule has 0 unspecified atom stereocenters. The smallest absolute Gasteiger partial charge is 0.322 e. The Kier molecular flexibility index (Phi) is 5.93. The molecule has 3 rings (SSSR count). The Balaban J connectivity index is 1.54. The summed E-state index contributed by atoms with van der Waals surface area (Å²) in [5.41, 5.74) is 0.789. The Morgan fingerprint density at radius 1 is 1.36 bits per heavy atom. The van der Waals surface area contributed by atoms with E-state index in [-0.39, 0.29) is 12.1 Å². The number of nitrogens with one attached hydrogen (secondary N) is 1. The van der Waals surface area contributed by atoms with E-state index in [2.05, 4.69) is 17.3 Å². The van der Waals surface area contributed by atoms with Gasteiger partial charge in [0.1, 0.15) is 5.75 Å². The Morgan fingerprint density at radius 2 is 2.20 bits per heavy atom. The number of ether oxygens (including phenoxy) is 1. The molecular formula is C19H26N4O2. The molecule has 1 fully saturated rings. The lowest BCUT2D eigenvalue weighted by Gasteiger charge is -2.25. The predicted octanol–water partition coefficient (Wildman–Crippen LogP) is 3.76. The van der Waals surface area contributed by atoms with Crippen LogP contribution in [0.1, 0.15) is 32.6 Å². The lowest BCUT2D eigenvalue weighted by molar-refractivity contribution is 0.199. The number of anilines is 1. The fraction of sp³-hybridized carbons (Fsp3) is 0.474. The number of carbonyl (C=O) groups is 1. The predicted molar refractivity (Wildman–Crippen MR) is 97.8 cm³/mol. The van der Waals surface area contributed by atoms with Gasteiger partial charge < -0.3 is 15.0 Å². The highest BCUT2D eigenvalue weighted by atomic mass is 16.5. The van der Waals surface area contributed by atoms with E-state index in [9.17, 15) is 4.79 Å². The number of benzene rings is 1. The molecule has 2 aromatic rings. The summed E-state index contributed by atoms with van der Waals surface area (Å²) in [6, 6.07) is 9.62. The van der Waals surface area contributed by atoms with E-state index >= 15 is 0 Å². The minimum absolute atomic E-state index is 0.0469. The molecule has 0 aliphatic carbocycles. The molecular weight excluding hydrogens is 316 g/mol. The molecule has 1 aromatic heterocycles. The lowest BCUT2D eigenvalue weighted by atomic mass is 10.2. The Bertz CT molecular complexity index is 655. The van der Waals surface area contributed by atoms with Crippen molar-refractivity contribution < 1.29 is 9.53 Å². The van der Waals surface area contributed by atoms with Gasteiger partial charge in [-0.1, -0.05) is 13.3 Å². The van der Waals surface area contributed by atoms with Gasteiger partial charge in [0.05, 0.1) is 19.2 Å². The van der Waals surface area contributed by atoms with E-state index in [0.717, 1.165) is 56.8 Å². The molecule has 1 aliphatic rings. The topological polar surface area (TPSA) is 59.4 Å². The van der Waals surface area contributed by atoms with Gasteiger partial charge in [-0.05, 0) is 49.6 Å². The largest absolute Gasteiger partial charge is 0.494 e. The average Bonchev–Trinajstić information content (AvgIpc) is 3.29. The molecule has 6 heteroatoms. The van der Waals surface area contributed by atoms with E-state index in [4.69, 9.17) is 4.74 Å². The van der Waals surface area contributed by atoms with Gasteiger partial charge >= 0.3 is 6.03 Å². The van der Waals surface area contributed by atoms with Gasteiger partial charge in [-0.15, -0.1) is 0 Å². The van der Waals surface area contributed by atoms with Gasteiger partial charge in [0, 0.05) is 24.6 Å². The molecule has 0 saturated carbocycles. The van der Waals surface area contributed by atoms with E-state index < -0.39 is 0 Å². The standard InChI is InChI=1S/C19H26N4O2/c1-2-3-14-25-18-9-7-16(8-10-18)21-19(24)23-13-4-6-17(23)15-22-12-5-11-20-22/h5,7-12,17H,2-4,6,13-15H2,1H3,(H,21,24)/t17-/m1/s1. The van der Waals surface area contributed by atoms with Crippen LogP contribution in [0.2, 0.25) is 0 Å². The first-order chi connectivity index (χ1) is 12.3. The molecule has 6 nitrogen and oxygen atoms in total. The number of amides is 2. The second-order valence-electron chi connectivity index (χ2n) is 6.37. The number of rotatable bonds is 7. The van der Waals surface area contributed by atoms with Crippen LogP contribution in [-0.4, -0.2) is 39.9 Å². The van der Waals surface area contributed by atoms with E-state index in [1.54, 1.807) is 6.20 Å². The molecule has 2 heterocycles. The van der Waals surface area contributed by atoms with Crippen LogP contribution in [0.4, 0.5) is 10.5 Å². The van der Waals surface area contributed by atoms with Crippen LogP contribution in [0.25, 0.3) is 0 Å². The van der Waals surface area contributed by atoms with Crippen LogP contribution in [0.5, 0.6) is 5.75 Å². The zero-order valence-corrected chi connectivity index (χ0v) is 14.7. The SMILES string of the molecule is CCCCOc1ccc(NC(=O)N2CCC[C@@H]2Cn2cccn2)cc1. The van der Waals surface area contributed by atoms with Crippen LogP contribution in [0.15, 0.2) is 42.7 Å². The first kappa shape index (κ1) is 17.3. The molecule has 25 heavy (non-hydrogen) atoms. The van der Waals surface area contributed by atoms with E-state index in [1.807, 2.05) is 46.1 Å². The van der Waals surface area contributed by atoms with Gasteiger partial charge in [-0.3, -0.25) is 4.68 Å². The third-order valence-electron chi connectivity index (χ3n) is 4.47.